The fourth-order valence-electron chi connectivity index (χ4n) is 5.96. The quantitative estimate of drug-likeness (QED) is 0.458. The molecule has 1 saturated carbocycles. The first-order valence-corrected chi connectivity index (χ1v) is 11.5. The van der Waals surface area contributed by atoms with Crippen LogP contribution in [0.3, 0.4) is 0 Å². The third-order valence-corrected chi connectivity index (χ3v) is 7.38. The summed E-state index contributed by atoms with van der Waals surface area (Å²) >= 11 is 0. The number of carboxylic acid groups (broad SMARTS) is 1. The number of carbonyl (C=O) groups is 1. The lowest BCUT2D eigenvalue weighted by atomic mass is 9.53. The van der Waals surface area contributed by atoms with Crippen molar-refractivity contribution in [2.24, 2.45) is 5.92 Å². The monoisotopic (exact) mass is 478 g/mol. The molecule has 2 aromatic carbocycles. The summed E-state index contributed by atoms with van der Waals surface area (Å²) in [5.41, 5.74) is 4.70. The van der Waals surface area contributed by atoms with Gasteiger partial charge in [0.25, 0.3) is 0 Å². The summed E-state index contributed by atoms with van der Waals surface area (Å²) in [5.74, 6) is -0.915. The second-order valence-corrected chi connectivity index (χ2v) is 9.18. The van der Waals surface area contributed by atoms with Gasteiger partial charge < -0.3 is 25.6 Å². The summed E-state index contributed by atoms with van der Waals surface area (Å²) in [6.07, 6.45) is 2.41. The minimum Gasteiger partial charge on any atom is -0.506 e. The number of phenolic OH excluding ortho intramolecular Hbond substituents is 1. The van der Waals surface area contributed by atoms with Crippen LogP contribution < -0.4 is 15.4 Å². The first kappa shape index (κ1) is 24.2. The van der Waals surface area contributed by atoms with E-state index in [0.29, 0.717) is 11.8 Å². The zero-order valence-electron chi connectivity index (χ0n) is 18.9. The number of para-hydroxylation sites is 2. The molecule has 1 saturated heterocycles. The second kappa shape index (κ2) is 9.37. The third-order valence-electron chi connectivity index (χ3n) is 7.38. The molecular formula is C25H29F3N2O4. The summed E-state index contributed by atoms with van der Waals surface area (Å²) < 4.78 is 37.2. The van der Waals surface area contributed by atoms with Gasteiger partial charge in [0.05, 0.1) is 18.5 Å². The molecule has 0 spiro atoms. The molecule has 4 N–H and O–H groups in total. The molecule has 34 heavy (non-hydrogen) atoms. The number of aromatic hydroxyl groups is 1. The van der Waals surface area contributed by atoms with E-state index in [4.69, 9.17) is 14.6 Å². The second-order valence-electron chi connectivity index (χ2n) is 9.18. The number of benzene rings is 2. The van der Waals surface area contributed by atoms with E-state index in [1.165, 1.54) is 43.2 Å². The number of piperidine rings is 1. The van der Waals surface area contributed by atoms with Crippen molar-refractivity contribution in [2.45, 2.75) is 56.2 Å². The fourth-order valence-corrected chi connectivity index (χ4v) is 5.96. The third kappa shape index (κ3) is 4.53. The van der Waals surface area contributed by atoms with E-state index in [1.54, 1.807) is 7.11 Å². The highest BCUT2D eigenvalue weighted by Gasteiger charge is 2.51. The predicted molar refractivity (Wildman–Crippen MR) is 122 cm³/mol. The summed E-state index contributed by atoms with van der Waals surface area (Å²) in [4.78, 5) is 8.90. The van der Waals surface area contributed by atoms with Crippen molar-refractivity contribution in [1.29, 1.82) is 0 Å². The Kier molecular flexibility index (Phi) is 6.66. The first-order valence-electron chi connectivity index (χ1n) is 11.5. The molecule has 2 bridgehead atoms. The van der Waals surface area contributed by atoms with Crippen LogP contribution in [0.1, 0.15) is 43.2 Å². The van der Waals surface area contributed by atoms with Crippen LogP contribution >= 0.6 is 0 Å². The van der Waals surface area contributed by atoms with Crippen molar-refractivity contribution in [3.63, 3.8) is 0 Å². The molecule has 1 aliphatic heterocycles. The van der Waals surface area contributed by atoms with Crippen LogP contribution in [0, 0.1) is 5.92 Å². The molecule has 6 nitrogen and oxygen atoms in total. The average Bonchev–Trinajstić information content (AvgIpc) is 2.80. The molecule has 9 heteroatoms. The number of hydrogen-bond acceptors (Lipinski definition) is 5. The van der Waals surface area contributed by atoms with E-state index in [2.05, 4.69) is 22.8 Å². The fraction of sp³-hybridized carbons (Fsp3) is 0.480. The van der Waals surface area contributed by atoms with E-state index >= 15 is 0 Å². The van der Waals surface area contributed by atoms with Crippen LogP contribution in [0.4, 0.5) is 24.5 Å². The molecule has 3 atom stereocenters. The lowest BCUT2D eigenvalue weighted by Gasteiger charge is -2.56. The number of halogens is 3. The SMILES string of the molecule is COc1ccccc1Nc1cc2c(cc1O)[C@]13CCCC[C@@H]1[C@H](C2)NCC3.O=C(O)C(F)(F)F. The number of alkyl halides is 3. The van der Waals surface area contributed by atoms with Gasteiger partial charge in [-0.25, -0.2) is 4.79 Å². The van der Waals surface area contributed by atoms with E-state index in [-0.39, 0.29) is 5.41 Å². The van der Waals surface area contributed by atoms with Gasteiger partial charge in [-0.1, -0.05) is 25.0 Å². The highest BCUT2D eigenvalue weighted by atomic mass is 19.4. The van der Waals surface area contributed by atoms with Gasteiger partial charge in [-0.2, -0.15) is 13.2 Å². The van der Waals surface area contributed by atoms with Crippen molar-refractivity contribution in [3.8, 4) is 11.5 Å². The molecular weight excluding hydrogens is 449 g/mol. The minimum atomic E-state index is -5.08. The molecule has 184 valence electrons. The number of rotatable bonds is 3. The normalized spacial score (nSPS) is 25.2. The summed E-state index contributed by atoms with van der Waals surface area (Å²) in [6.45, 7) is 1.10. The Morgan fingerprint density at radius 1 is 1.18 bits per heavy atom. The number of methoxy groups -OCH3 is 1. The van der Waals surface area contributed by atoms with Crippen LogP contribution in [0.5, 0.6) is 11.5 Å². The van der Waals surface area contributed by atoms with Gasteiger partial charge in [0.1, 0.15) is 11.5 Å². The van der Waals surface area contributed by atoms with Gasteiger partial charge in [-0.05, 0) is 73.5 Å². The number of phenols is 1. The van der Waals surface area contributed by atoms with E-state index in [1.807, 2.05) is 24.3 Å². The summed E-state index contributed by atoms with van der Waals surface area (Å²) in [7, 11) is 1.67. The zero-order valence-corrected chi connectivity index (χ0v) is 18.9. The molecule has 0 unspecified atom stereocenters. The van der Waals surface area contributed by atoms with Gasteiger partial charge in [-0.3, -0.25) is 0 Å². The number of hydrogen-bond donors (Lipinski definition) is 4. The molecule has 1 heterocycles. The highest BCUT2D eigenvalue weighted by molar-refractivity contribution is 5.73. The smallest absolute Gasteiger partial charge is 0.490 e. The van der Waals surface area contributed by atoms with Crippen LogP contribution in [-0.2, 0) is 16.6 Å². The lowest BCUT2D eigenvalue weighted by Crippen LogP contribution is -2.59. The molecule has 0 amide bonds. The van der Waals surface area contributed by atoms with Crippen molar-refractivity contribution in [1.82, 2.24) is 5.32 Å². The Morgan fingerprint density at radius 3 is 2.62 bits per heavy atom. The standard InChI is InChI=1S/C23H28N2O2.C2HF3O2/c1-27-22-8-3-2-7-18(22)25-20-13-15-12-19-16-6-4-5-9-23(16,10-11-24-19)17(15)14-21(20)26;3-2(4,5)1(6)7/h2-3,7-8,13-14,16,19,24-26H,4-6,9-12H2,1H3;(H,6,7)/t16-,19+,23+;/m1./s1. The van der Waals surface area contributed by atoms with Crippen LogP contribution in [0.2, 0.25) is 0 Å². The van der Waals surface area contributed by atoms with E-state index in [9.17, 15) is 18.3 Å². The largest absolute Gasteiger partial charge is 0.506 e. The zero-order chi connectivity index (χ0) is 24.5. The number of aliphatic carboxylic acids is 1. The molecule has 0 aromatic heterocycles. The maximum absolute atomic E-state index is 10.9. The molecule has 3 aliphatic rings. The molecule has 2 fully saturated rings. The van der Waals surface area contributed by atoms with E-state index in [0.717, 1.165) is 36.0 Å². The minimum absolute atomic E-state index is 0.266. The van der Waals surface area contributed by atoms with Gasteiger partial charge >= 0.3 is 12.1 Å². The molecule has 0 radical (unpaired) electrons. The summed E-state index contributed by atoms with van der Waals surface area (Å²) in [6, 6.07) is 12.6. The van der Waals surface area contributed by atoms with Gasteiger partial charge in [-0.15, -0.1) is 0 Å². The number of ether oxygens (including phenoxy) is 1. The van der Waals surface area contributed by atoms with E-state index < -0.39 is 12.1 Å². The van der Waals surface area contributed by atoms with Crippen LogP contribution in [-0.4, -0.2) is 42.1 Å². The maximum Gasteiger partial charge on any atom is 0.490 e. The Bertz CT molecular complexity index is 1050. The Labute approximate surface area is 196 Å². The number of nitrogens with one attached hydrogen (secondary N) is 2. The molecule has 2 aliphatic carbocycles. The van der Waals surface area contributed by atoms with Crippen LogP contribution in [0.25, 0.3) is 0 Å². The van der Waals surface area contributed by atoms with Gasteiger partial charge in [0, 0.05) is 11.5 Å². The van der Waals surface area contributed by atoms with Crippen molar-refractivity contribution in [3.05, 3.63) is 47.5 Å². The summed E-state index contributed by atoms with van der Waals surface area (Å²) in [5, 5.41) is 25.1. The van der Waals surface area contributed by atoms with Crippen molar-refractivity contribution in [2.75, 3.05) is 19.0 Å². The molecule has 5 rings (SSSR count). The lowest BCUT2D eigenvalue weighted by molar-refractivity contribution is -0.192. The highest BCUT2D eigenvalue weighted by Crippen LogP contribution is 2.55. The number of fused-ring (bicyclic) bond motifs is 1. The predicted octanol–water partition coefficient (Wildman–Crippen LogP) is 5.12. The van der Waals surface area contributed by atoms with Gasteiger partial charge in [0.2, 0.25) is 0 Å². The average molecular weight is 479 g/mol. The van der Waals surface area contributed by atoms with Crippen LogP contribution in [0.15, 0.2) is 36.4 Å². The number of carboxylic acids is 1. The maximum atomic E-state index is 10.9. The topological polar surface area (TPSA) is 90.8 Å². The first-order chi connectivity index (χ1) is 16.2. The Balaban J connectivity index is 0.000000344. The Morgan fingerprint density at radius 2 is 1.91 bits per heavy atom. The number of anilines is 2. The Hall–Kier alpha value is -2.94. The molecule has 2 aromatic rings. The van der Waals surface area contributed by atoms with Gasteiger partial charge in [0.15, 0.2) is 0 Å². The van der Waals surface area contributed by atoms with Crippen molar-refractivity contribution < 1.29 is 32.9 Å². The van der Waals surface area contributed by atoms with Crippen molar-refractivity contribution >= 4 is 17.3 Å².